The molecule has 3 rings (SSSR count). The average molecular weight is 281 g/mol. The number of rotatable bonds is 2. The SMILES string of the molecule is CC(=O)Nc1nc2ncc(-c3ccccc3)nc2c(=O)[nH]1. The van der Waals surface area contributed by atoms with Gasteiger partial charge in [-0.1, -0.05) is 30.3 Å². The predicted molar refractivity (Wildman–Crippen MR) is 77.7 cm³/mol. The maximum absolute atomic E-state index is 12.0. The van der Waals surface area contributed by atoms with Gasteiger partial charge in [0.25, 0.3) is 5.56 Å². The van der Waals surface area contributed by atoms with Crippen LogP contribution in [0.5, 0.6) is 0 Å². The molecule has 0 saturated heterocycles. The van der Waals surface area contributed by atoms with Crippen molar-refractivity contribution in [3.63, 3.8) is 0 Å². The molecule has 0 radical (unpaired) electrons. The third-order valence-electron chi connectivity index (χ3n) is 2.78. The smallest absolute Gasteiger partial charge is 0.280 e. The molecule has 3 aromatic rings. The summed E-state index contributed by atoms with van der Waals surface area (Å²) in [5.74, 6) is -0.270. The van der Waals surface area contributed by atoms with E-state index in [1.165, 1.54) is 6.92 Å². The molecule has 0 spiro atoms. The van der Waals surface area contributed by atoms with Gasteiger partial charge in [-0.2, -0.15) is 4.98 Å². The van der Waals surface area contributed by atoms with Gasteiger partial charge in [-0.25, -0.2) is 9.97 Å². The van der Waals surface area contributed by atoms with Crippen LogP contribution in [0.1, 0.15) is 6.92 Å². The second-order valence-electron chi connectivity index (χ2n) is 4.39. The van der Waals surface area contributed by atoms with Crippen molar-refractivity contribution in [3.8, 4) is 11.3 Å². The highest BCUT2D eigenvalue weighted by molar-refractivity contribution is 5.87. The minimum absolute atomic E-state index is 0.0572. The number of amides is 1. The van der Waals surface area contributed by atoms with E-state index in [0.717, 1.165) is 5.56 Å². The molecule has 0 saturated carbocycles. The molecule has 1 amide bonds. The van der Waals surface area contributed by atoms with Crippen LogP contribution >= 0.6 is 0 Å². The molecule has 0 bridgehead atoms. The van der Waals surface area contributed by atoms with Crippen molar-refractivity contribution in [2.75, 3.05) is 5.32 Å². The molecule has 104 valence electrons. The number of carbonyl (C=O) groups excluding carboxylic acids is 1. The summed E-state index contributed by atoms with van der Waals surface area (Å²) in [6.07, 6.45) is 1.54. The predicted octanol–water partition coefficient (Wildman–Crippen LogP) is 1.34. The van der Waals surface area contributed by atoms with E-state index in [4.69, 9.17) is 0 Å². The number of anilines is 1. The number of aromatic nitrogens is 4. The summed E-state index contributed by atoms with van der Waals surface area (Å²) in [5.41, 5.74) is 1.31. The van der Waals surface area contributed by atoms with Gasteiger partial charge in [0.05, 0.1) is 11.9 Å². The number of H-pyrrole nitrogens is 1. The Labute approximate surface area is 119 Å². The van der Waals surface area contributed by atoms with Crippen molar-refractivity contribution in [1.82, 2.24) is 19.9 Å². The highest BCUT2D eigenvalue weighted by Gasteiger charge is 2.09. The topological polar surface area (TPSA) is 101 Å². The molecular formula is C14H11N5O2. The van der Waals surface area contributed by atoms with Gasteiger partial charge in [0.2, 0.25) is 11.9 Å². The number of carbonyl (C=O) groups is 1. The summed E-state index contributed by atoms with van der Waals surface area (Å²) >= 11 is 0. The van der Waals surface area contributed by atoms with E-state index in [0.29, 0.717) is 5.69 Å². The molecule has 7 heteroatoms. The largest absolute Gasteiger partial charge is 0.296 e. The number of benzene rings is 1. The highest BCUT2D eigenvalue weighted by atomic mass is 16.1. The zero-order valence-electron chi connectivity index (χ0n) is 11.1. The van der Waals surface area contributed by atoms with Gasteiger partial charge in [0.1, 0.15) is 0 Å². The Hall–Kier alpha value is -3.09. The molecule has 0 fully saturated rings. The standard InChI is InChI=1S/C14H11N5O2/c1-8(20)16-14-18-12-11(13(21)19-14)17-10(7-15-12)9-5-3-2-4-6-9/h2-7H,1H3,(H2,15,16,18,19,20,21). The van der Waals surface area contributed by atoms with Crippen molar-refractivity contribution in [2.45, 2.75) is 6.92 Å². The fraction of sp³-hybridized carbons (Fsp3) is 0.0714. The van der Waals surface area contributed by atoms with E-state index in [-0.39, 0.29) is 23.0 Å². The van der Waals surface area contributed by atoms with E-state index in [2.05, 4.69) is 25.3 Å². The Morgan fingerprint density at radius 3 is 2.67 bits per heavy atom. The Kier molecular flexibility index (Phi) is 3.15. The van der Waals surface area contributed by atoms with Gasteiger partial charge < -0.3 is 0 Å². The number of hydrogen-bond donors (Lipinski definition) is 2. The maximum atomic E-state index is 12.0. The number of nitrogens with one attached hydrogen (secondary N) is 2. The summed E-state index contributed by atoms with van der Waals surface area (Å²) in [5, 5.41) is 2.41. The fourth-order valence-corrected chi connectivity index (χ4v) is 1.89. The Bertz CT molecular complexity index is 873. The molecule has 7 nitrogen and oxygen atoms in total. The van der Waals surface area contributed by atoms with E-state index in [1.54, 1.807) is 6.20 Å². The summed E-state index contributed by atoms with van der Waals surface area (Å²) in [4.78, 5) is 37.9. The van der Waals surface area contributed by atoms with Gasteiger partial charge in [-0.15, -0.1) is 0 Å². The molecule has 0 aliphatic carbocycles. The quantitative estimate of drug-likeness (QED) is 0.738. The molecule has 0 aliphatic rings. The number of aromatic amines is 1. The van der Waals surface area contributed by atoms with Crippen LogP contribution in [-0.2, 0) is 4.79 Å². The van der Waals surface area contributed by atoms with Gasteiger partial charge in [-0.3, -0.25) is 19.9 Å². The summed E-state index contributed by atoms with van der Waals surface area (Å²) in [7, 11) is 0. The zero-order valence-corrected chi connectivity index (χ0v) is 11.1. The zero-order chi connectivity index (χ0) is 14.8. The number of hydrogen-bond acceptors (Lipinski definition) is 5. The summed E-state index contributed by atoms with van der Waals surface area (Å²) in [6.45, 7) is 1.33. The lowest BCUT2D eigenvalue weighted by Crippen LogP contribution is -2.17. The van der Waals surface area contributed by atoms with Gasteiger partial charge in [-0.05, 0) is 0 Å². The van der Waals surface area contributed by atoms with Crippen LogP contribution in [0.15, 0.2) is 41.3 Å². The highest BCUT2D eigenvalue weighted by Crippen LogP contribution is 2.16. The van der Waals surface area contributed by atoms with Crippen LogP contribution in [0.3, 0.4) is 0 Å². The molecular weight excluding hydrogens is 270 g/mol. The molecule has 0 aliphatic heterocycles. The molecule has 2 N–H and O–H groups in total. The second kappa shape index (κ2) is 5.12. The lowest BCUT2D eigenvalue weighted by molar-refractivity contribution is -0.114. The Morgan fingerprint density at radius 2 is 1.95 bits per heavy atom. The van der Waals surface area contributed by atoms with Crippen LogP contribution in [0.25, 0.3) is 22.4 Å². The first-order valence-electron chi connectivity index (χ1n) is 6.23. The van der Waals surface area contributed by atoms with Crippen molar-refractivity contribution in [1.29, 1.82) is 0 Å². The fourth-order valence-electron chi connectivity index (χ4n) is 1.89. The normalized spacial score (nSPS) is 10.5. The van der Waals surface area contributed by atoms with Crippen LogP contribution in [0, 0.1) is 0 Å². The lowest BCUT2D eigenvalue weighted by atomic mass is 10.2. The van der Waals surface area contributed by atoms with E-state index in [9.17, 15) is 9.59 Å². The van der Waals surface area contributed by atoms with Crippen molar-refractivity contribution in [2.24, 2.45) is 0 Å². The molecule has 2 heterocycles. The number of fused-ring (bicyclic) bond motifs is 1. The minimum Gasteiger partial charge on any atom is -0.296 e. The maximum Gasteiger partial charge on any atom is 0.280 e. The van der Waals surface area contributed by atoms with E-state index in [1.807, 2.05) is 30.3 Å². The van der Waals surface area contributed by atoms with Crippen LogP contribution in [0.4, 0.5) is 5.95 Å². The number of nitrogens with zero attached hydrogens (tertiary/aromatic N) is 3. The first-order valence-corrected chi connectivity index (χ1v) is 6.23. The molecule has 21 heavy (non-hydrogen) atoms. The second-order valence-corrected chi connectivity index (χ2v) is 4.39. The molecule has 2 aromatic heterocycles. The molecule has 0 unspecified atom stereocenters. The van der Waals surface area contributed by atoms with Crippen LogP contribution < -0.4 is 10.9 Å². The Morgan fingerprint density at radius 1 is 1.19 bits per heavy atom. The van der Waals surface area contributed by atoms with Gasteiger partial charge in [0.15, 0.2) is 11.2 Å². The minimum atomic E-state index is -0.450. The molecule has 0 atom stereocenters. The first-order chi connectivity index (χ1) is 10.1. The summed E-state index contributed by atoms with van der Waals surface area (Å²) in [6, 6.07) is 9.41. The van der Waals surface area contributed by atoms with Crippen LogP contribution in [0.2, 0.25) is 0 Å². The summed E-state index contributed by atoms with van der Waals surface area (Å²) < 4.78 is 0. The first kappa shape index (κ1) is 12.9. The van der Waals surface area contributed by atoms with E-state index >= 15 is 0 Å². The Balaban J connectivity index is 2.13. The third-order valence-corrected chi connectivity index (χ3v) is 2.78. The molecule has 1 aromatic carbocycles. The lowest BCUT2D eigenvalue weighted by Gasteiger charge is -2.04. The van der Waals surface area contributed by atoms with Gasteiger partial charge in [0, 0.05) is 12.5 Å². The van der Waals surface area contributed by atoms with Crippen LogP contribution in [-0.4, -0.2) is 25.8 Å². The van der Waals surface area contributed by atoms with Crippen molar-refractivity contribution in [3.05, 3.63) is 46.9 Å². The van der Waals surface area contributed by atoms with Gasteiger partial charge >= 0.3 is 0 Å². The third kappa shape index (κ3) is 2.62. The van der Waals surface area contributed by atoms with E-state index < -0.39 is 5.56 Å². The monoisotopic (exact) mass is 281 g/mol. The van der Waals surface area contributed by atoms with Crippen molar-refractivity contribution >= 4 is 23.0 Å². The average Bonchev–Trinajstić information content (AvgIpc) is 2.47. The van der Waals surface area contributed by atoms with Crippen molar-refractivity contribution < 1.29 is 4.79 Å².